The molecule has 0 saturated carbocycles. The molecule has 112 valence electrons. The molecule has 0 atom stereocenters. The maximum absolute atomic E-state index is 12.0. The lowest BCUT2D eigenvalue weighted by Crippen LogP contribution is -2.44. The number of hydrogen-bond donors (Lipinski definition) is 1. The van der Waals surface area contributed by atoms with Crippen molar-refractivity contribution in [1.29, 1.82) is 0 Å². The number of rotatable bonds is 5. The van der Waals surface area contributed by atoms with Crippen molar-refractivity contribution in [2.24, 2.45) is 0 Å². The minimum absolute atomic E-state index is 0.303. The molecule has 0 aliphatic rings. The van der Waals surface area contributed by atoms with Gasteiger partial charge in [-0.3, -0.25) is 9.59 Å². The van der Waals surface area contributed by atoms with Crippen LogP contribution in [0.15, 0.2) is 28.3 Å². The van der Waals surface area contributed by atoms with Gasteiger partial charge in [-0.15, -0.1) is 11.3 Å². The maximum atomic E-state index is 12.0. The van der Waals surface area contributed by atoms with Crippen LogP contribution < -0.4 is 5.32 Å². The fourth-order valence-corrected chi connectivity index (χ4v) is 3.34. The maximum Gasteiger partial charge on any atom is 0.303 e. The number of thiophene rings is 2. The van der Waals surface area contributed by atoms with Crippen LogP contribution in [0.1, 0.15) is 25.6 Å². The summed E-state index contributed by atoms with van der Waals surface area (Å²) in [7, 11) is 0. The van der Waals surface area contributed by atoms with Crippen LogP contribution in [0.2, 0.25) is 0 Å². The molecule has 0 spiro atoms. The number of carbonyl (C=O) groups is 2. The molecule has 2 aromatic heterocycles. The Labute approximate surface area is 131 Å². The molecular formula is C15H17NO3S2. The summed E-state index contributed by atoms with van der Waals surface area (Å²) in [6.45, 7) is 4.88. The Kier molecular flexibility index (Phi) is 4.80. The van der Waals surface area contributed by atoms with Crippen molar-refractivity contribution in [3.63, 3.8) is 0 Å². The van der Waals surface area contributed by atoms with E-state index in [2.05, 4.69) is 28.2 Å². The first-order valence-electron chi connectivity index (χ1n) is 6.46. The average Bonchev–Trinajstić information content (AvgIpc) is 3.04. The highest BCUT2D eigenvalue weighted by Gasteiger charge is 2.30. The van der Waals surface area contributed by atoms with Gasteiger partial charge in [-0.05, 0) is 53.2 Å². The molecule has 1 amide bonds. The Morgan fingerprint density at radius 3 is 2.67 bits per heavy atom. The van der Waals surface area contributed by atoms with Crippen LogP contribution in [0.3, 0.4) is 0 Å². The molecular weight excluding hydrogens is 306 g/mol. The second-order valence-electron chi connectivity index (χ2n) is 5.10. The lowest BCUT2D eigenvalue weighted by atomic mass is 10.1. The zero-order chi connectivity index (χ0) is 15.5. The SMILES string of the molecule is CC(=O)OC(C)(C)C(=O)NCc1cc(-c2ccsc2)cs1. The molecule has 0 aliphatic heterocycles. The third-order valence-corrected chi connectivity index (χ3v) is 4.50. The van der Waals surface area contributed by atoms with Crippen molar-refractivity contribution >= 4 is 34.6 Å². The van der Waals surface area contributed by atoms with Gasteiger partial charge < -0.3 is 10.1 Å². The van der Waals surface area contributed by atoms with Crippen LogP contribution in [-0.4, -0.2) is 17.5 Å². The lowest BCUT2D eigenvalue weighted by molar-refractivity contribution is -0.163. The smallest absolute Gasteiger partial charge is 0.303 e. The Bertz CT molecular complexity index is 629. The lowest BCUT2D eigenvalue weighted by Gasteiger charge is -2.22. The van der Waals surface area contributed by atoms with Crippen LogP contribution in [-0.2, 0) is 20.9 Å². The van der Waals surface area contributed by atoms with Gasteiger partial charge in [-0.2, -0.15) is 11.3 Å². The first-order chi connectivity index (χ1) is 9.88. The number of amides is 1. The van der Waals surface area contributed by atoms with Crippen LogP contribution in [0.4, 0.5) is 0 Å². The fourth-order valence-electron chi connectivity index (χ4n) is 1.84. The molecule has 4 nitrogen and oxygen atoms in total. The summed E-state index contributed by atoms with van der Waals surface area (Å²) in [6.07, 6.45) is 0. The summed E-state index contributed by atoms with van der Waals surface area (Å²) in [5.41, 5.74) is 1.19. The van der Waals surface area contributed by atoms with Crippen molar-refractivity contribution in [3.05, 3.63) is 33.2 Å². The molecule has 0 bridgehead atoms. The predicted octanol–water partition coefficient (Wildman–Crippen LogP) is 3.43. The highest BCUT2D eigenvalue weighted by Crippen LogP contribution is 2.27. The van der Waals surface area contributed by atoms with Gasteiger partial charge >= 0.3 is 5.97 Å². The van der Waals surface area contributed by atoms with Gasteiger partial charge in [-0.1, -0.05) is 0 Å². The van der Waals surface area contributed by atoms with Crippen molar-refractivity contribution in [2.45, 2.75) is 32.9 Å². The topological polar surface area (TPSA) is 55.4 Å². The van der Waals surface area contributed by atoms with Crippen LogP contribution in [0.5, 0.6) is 0 Å². The van der Waals surface area contributed by atoms with Gasteiger partial charge in [0.15, 0.2) is 5.60 Å². The second kappa shape index (κ2) is 6.41. The summed E-state index contributed by atoms with van der Waals surface area (Å²) >= 11 is 3.25. The molecule has 2 heterocycles. The molecule has 21 heavy (non-hydrogen) atoms. The quantitative estimate of drug-likeness (QED) is 0.858. The second-order valence-corrected chi connectivity index (χ2v) is 6.88. The van der Waals surface area contributed by atoms with Gasteiger partial charge in [0.1, 0.15) is 0 Å². The summed E-state index contributed by atoms with van der Waals surface area (Å²) in [5.74, 6) is -0.769. The fraction of sp³-hybridized carbons (Fsp3) is 0.333. The van der Waals surface area contributed by atoms with E-state index >= 15 is 0 Å². The van der Waals surface area contributed by atoms with Crippen molar-refractivity contribution in [1.82, 2.24) is 5.32 Å². The first kappa shape index (κ1) is 15.7. The number of nitrogens with one attached hydrogen (secondary N) is 1. The van der Waals surface area contributed by atoms with Crippen molar-refractivity contribution in [3.8, 4) is 11.1 Å². The van der Waals surface area contributed by atoms with Crippen LogP contribution in [0.25, 0.3) is 11.1 Å². The standard InChI is InChI=1S/C15H17NO3S2/c1-10(17)19-15(2,3)14(18)16-7-13-6-12(9-21-13)11-4-5-20-8-11/h4-6,8-9H,7H2,1-3H3,(H,16,18). The largest absolute Gasteiger partial charge is 0.450 e. The van der Waals surface area contributed by atoms with E-state index in [1.165, 1.54) is 12.5 Å². The first-order valence-corrected chi connectivity index (χ1v) is 8.28. The van der Waals surface area contributed by atoms with E-state index in [1.54, 1.807) is 36.5 Å². The minimum Gasteiger partial charge on any atom is -0.450 e. The highest BCUT2D eigenvalue weighted by atomic mass is 32.1. The van der Waals surface area contributed by atoms with Crippen LogP contribution in [0, 0.1) is 0 Å². The Balaban J connectivity index is 1.94. The normalized spacial score (nSPS) is 11.2. The molecule has 0 unspecified atom stereocenters. The Morgan fingerprint density at radius 2 is 2.05 bits per heavy atom. The van der Waals surface area contributed by atoms with Crippen LogP contribution >= 0.6 is 22.7 Å². The van der Waals surface area contributed by atoms with E-state index in [0.29, 0.717) is 6.54 Å². The van der Waals surface area contributed by atoms with Gasteiger partial charge in [0.25, 0.3) is 5.91 Å². The van der Waals surface area contributed by atoms with Crippen molar-refractivity contribution in [2.75, 3.05) is 0 Å². The van der Waals surface area contributed by atoms with E-state index in [1.807, 2.05) is 5.38 Å². The van der Waals surface area contributed by atoms with Gasteiger partial charge in [0.05, 0.1) is 6.54 Å². The number of esters is 1. The molecule has 0 saturated heterocycles. The number of ether oxygens (including phenoxy) is 1. The van der Waals surface area contributed by atoms with E-state index in [4.69, 9.17) is 4.74 Å². The van der Waals surface area contributed by atoms with E-state index in [0.717, 1.165) is 10.4 Å². The van der Waals surface area contributed by atoms with E-state index in [-0.39, 0.29) is 5.91 Å². The van der Waals surface area contributed by atoms with Crippen molar-refractivity contribution < 1.29 is 14.3 Å². The molecule has 1 N–H and O–H groups in total. The van der Waals surface area contributed by atoms with Gasteiger partial charge in [-0.25, -0.2) is 0 Å². The monoisotopic (exact) mass is 323 g/mol. The third-order valence-electron chi connectivity index (χ3n) is 2.88. The molecule has 0 aliphatic carbocycles. The molecule has 2 rings (SSSR count). The summed E-state index contributed by atoms with van der Waals surface area (Å²) in [6, 6.07) is 4.13. The summed E-state index contributed by atoms with van der Waals surface area (Å²) in [4.78, 5) is 24.1. The minimum atomic E-state index is -1.15. The number of hydrogen-bond acceptors (Lipinski definition) is 5. The average molecular weight is 323 g/mol. The van der Waals surface area contributed by atoms with E-state index < -0.39 is 11.6 Å². The summed E-state index contributed by atoms with van der Waals surface area (Å²) < 4.78 is 5.01. The Morgan fingerprint density at radius 1 is 1.29 bits per heavy atom. The zero-order valence-electron chi connectivity index (χ0n) is 12.1. The van der Waals surface area contributed by atoms with Gasteiger partial charge in [0.2, 0.25) is 0 Å². The number of carbonyl (C=O) groups excluding carboxylic acids is 2. The molecule has 0 aromatic carbocycles. The zero-order valence-corrected chi connectivity index (χ0v) is 13.8. The highest BCUT2D eigenvalue weighted by molar-refractivity contribution is 7.10. The van der Waals surface area contributed by atoms with Gasteiger partial charge in [0, 0.05) is 11.8 Å². The predicted molar refractivity (Wildman–Crippen MR) is 85.3 cm³/mol. The molecule has 0 radical (unpaired) electrons. The summed E-state index contributed by atoms with van der Waals surface area (Å²) in [5, 5.41) is 9.00. The third kappa shape index (κ3) is 4.15. The molecule has 6 heteroatoms. The Hall–Kier alpha value is -1.66. The molecule has 0 fully saturated rings. The molecule has 2 aromatic rings. The van der Waals surface area contributed by atoms with E-state index in [9.17, 15) is 9.59 Å².